The van der Waals surface area contributed by atoms with Gasteiger partial charge in [-0.25, -0.2) is 0 Å². The lowest BCUT2D eigenvalue weighted by Crippen LogP contribution is -2.52. The summed E-state index contributed by atoms with van der Waals surface area (Å²) >= 11 is 0. The molecule has 2 aliphatic heterocycles. The average molecular weight is 396 g/mol. The number of nitrogens with zero attached hydrogens (tertiary/aromatic N) is 4. The fourth-order valence-corrected chi connectivity index (χ4v) is 4.45. The molecule has 0 unspecified atom stereocenters. The molecule has 2 amide bonds. The van der Waals surface area contributed by atoms with Gasteiger partial charge in [0.05, 0.1) is 5.69 Å². The summed E-state index contributed by atoms with van der Waals surface area (Å²) in [5.41, 5.74) is 2.13. The minimum absolute atomic E-state index is 0.0755. The van der Waals surface area contributed by atoms with E-state index in [0.29, 0.717) is 25.3 Å². The molecule has 0 saturated carbocycles. The number of carbonyl (C=O) groups is 2. The second-order valence-electron chi connectivity index (χ2n) is 8.25. The molecule has 2 fully saturated rings. The van der Waals surface area contributed by atoms with Crippen molar-refractivity contribution in [3.63, 3.8) is 0 Å². The zero-order valence-corrected chi connectivity index (χ0v) is 17.0. The molecular weight excluding hydrogens is 368 g/mol. The Morgan fingerprint density at radius 1 is 1.21 bits per heavy atom. The Labute approximate surface area is 171 Å². The largest absolute Gasteiger partial charge is 0.351 e. The Morgan fingerprint density at radius 3 is 2.66 bits per heavy atom. The fourth-order valence-electron chi connectivity index (χ4n) is 4.45. The van der Waals surface area contributed by atoms with E-state index in [1.54, 1.807) is 18.5 Å². The van der Waals surface area contributed by atoms with Crippen LogP contribution in [0, 0.1) is 5.41 Å². The number of aryl methyl sites for hydroxylation is 1. The first kappa shape index (κ1) is 19.6. The van der Waals surface area contributed by atoms with Crippen molar-refractivity contribution in [3.8, 4) is 0 Å². The minimum Gasteiger partial charge on any atom is -0.351 e. The molecular formula is C22H28N4O3. The van der Waals surface area contributed by atoms with Crippen molar-refractivity contribution >= 4 is 11.8 Å². The maximum absolute atomic E-state index is 12.7. The standard InChI is InChI=1S/C22H28N4O3/c1-2-18-15-19(29-24-18)21(28)25-13-8-22(9-14-25)7-3-20(27)26(16-22)12-6-17-4-10-23-11-5-17/h4-5,10-11,15H,2-3,6-9,12-14,16H2,1H3. The lowest BCUT2D eigenvalue weighted by Gasteiger charge is -2.47. The maximum atomic E-state index is 12.7. The Kier molecular flexibility index (Phi) is 5.65. The van der Waals surface area contributed by atoms with Gasteiger partial charge in [-0.1, -0.05) is 12.1 Å². The molecule has 2 aliphatic rings. The highest BCUT2D eigenvalue weighted by atomic mass is 16.5. The first-order valence-corrected chi connectivity index (χ1v) is 10.5. The summed E-state index contributed by atoms with van der Waals surface area (Å²) in [6.45, 7) is 4.93. The summed E-state index contributed by atoms with van der Waals surface area (Å²) in [6.07, 6.45) is 8.55. The fraction of sp³-hybridized carbons (Fsp3) is 0.545. The highest BCUT2D eigenvalue weighted by Gasteiger charge is 2.42. The first-order chi connectivity index (χ1) is 14.1. The topological polar surface area (TPSA) is 79.5 Å². The molecule has 154 valence electrons. The minimum atomic E-state index is -0.0755. The summed E-state index contributed by atoms with van der Waals surface area (Å²) in [7, 11) is 0. The molecule has 0 aliphatic carbocycles. The van der Waals surface area contributed by atoms with Gasteiger partial charge in [0, 0.05) is 51.1 Å². The molecule has 7 nitrogen and oxygen atoms in total. The Hall–Kier alpha value is -2.70. The molecule has 2 aromatic heterocycles. The molecule has 7 heteroatoms. The number of carbonyl (C=O) groups excluding carboxylic acids is 2. The number of pyridine rings is 1. The molecule has 0 bridgehead atoms. The Morgan fingerprint density at radius 2 is 1.97 bits per heavy atom. The van der Waals surface area contributed by atoms with Gasteiger partial charge < -0.3 is 14.3 Å². The van der Waals surface area contributed by atoms with E-state index >= 15 is 0 Å². The Balaban J connectivity index is 1.34. The lowest BCUT2D eigenvalue weighted by atomic mass is 9.72. The van der Waals surface area contributed by atoms with Crippen LogP contribution in [0.5, 0.6) is 0 Å². The lowest BCUT2D eigenvalue weighted by molar-refractivity contribution is -0.138. The molecule has 4 heterocycles. The van der Waals surface area contributed by atoms with Crippen molar-refractivity contribution in [3.05, 3.63) is 47.6 Å². The predicted molar refractivity (Wildman–Crippen MR) is 107 cm³/mol. The molecule has 0 aromatic carbocycles. The van der Waals surface area contributed by atoms with E-state index in [4.69, 9.17) is 4.52 Å². The van der Waals surface area contributed by atoms with E-state index in [0.717, 1.165) is 50.9 Å². The van der Waals surface area contributed by atoms with Crippen molar-refractivity contribution in [2.45, 2.75) is 45.4 Å². The van der Waals surface area contributed by atoms with Crippen LogP contribution in [0.1, 0.15) is 54.4 Å². The molecule has 4 rings (SSSR count). The summed E-state index contributed by atoms with van der Waals surface area (Å²) in [4.78, 5) is 33.1. The van der Waals surface area contributed by atoms with Crippen LogP contribution in [0.25, 0.3) is 0 Å². The van der Waals surface area contributed by atoms with Gasteiger partial charge in [0.15, 0.2) is 0 Å². The molecule has 1 spiro atoms. The normalized spacial score (nSPS) is 19.0. The van der Waals surface area contributed by atoms with Crippen LogP contribution < -0.4 is 0 Å². The second-order valence-corrected chi connectivity index (χ2v) is 8.25. The van der Waals surface area contributed by atoms with Crippen LogP contribution in [0.3, 0.4) is 0 Å². The van der Waals surface area contributed by atoms with Crippen LogP contribution in [-0.4, -0.2) is 57.9 Å². The van der Waals surface area contributed by atoms with Gasteiger partial charge >= 0.3 is 0 Å². The third-order valence-electron chi connectivity index (χ3n) is 6.41. The quantitative estimate of drug-likeness (QED) is 0.776. The van der Waals surface area contributed by atoms with Gasteiger partial charge in [-0.3, -0.25) is 14.6 Å². The van der Waals surface area contributed by atoms with Crippen LogP contribution in [0.2, 0.25) is 0 Å². The van der Waals surface area contributed by atoms with E-state index in [1.807, 2.05) is 28.9 Å². The summed E-state index contributed by atoms with van der Waals surface area (Å²) in [6, 6.07) is 5.75. The molecule has 2 saturated heterocycles. The van der Waals surface area contributed by atoms with E-state index in [1.165, 1.54) is 5.56 Å². The SMILES string of the molecule is CCc1cc(C(=O)N2CCC3(CCC(=O)N(CCc4ccncc4)C3)CC2)on1. The van der Waals surface area contributed by atoms with Crippen LogP contribution >= 0.6 is 0 Å². The van der Waals surface area contributed by atoms with Crippen LogP contribution in [0.4, 0.5) is 0 Å². The van der Waals surface area contributed by atoms with E-state index < -0.39 is 0 Å². The maximum Gasteiger partial charge on any atom is 0.292 e. The Bertz CT molecular complexity index is 856. The van der Waals surface area contributed by atoms with Crippen molar-refractivity contribution in [1.29, 1.82) is 0 Å². The van der Waals surface area contributed by atoms with Gasteiger partial charge in [0.1, 0.15) is 0 Å². The van der Waals surface area contributed by atoms with Crippen LogP contribution in [0.15, 0.2) is 35.1 Å². The number of hydrogen-bond acceptors (Lipinski definition) is 5. The van der Waals surface area contributed by atoms with Crippen molar-refractivity contribution in [2.75, 3.05) is 26.2 Å². The smallest absolute Gasteiger partial charge is 0.292 e. The third-order valence-corrected chi connectivity index (χ3v) is 6.41. The highest BCUT2D eigenvalue weighted by Crippen LogP contribution is 2.40. The zero-order valence-electron chi connectivity index (χ0n) is 17.0. The number of hydrogen-bond donors (Lipinski definition) is 0. The molecule has 0 radical (unpaired) electrons. The number of piperidine rings is 2. The predicted octanol–water partition coefficient (Wildman–Crippen LogP) is 2.72. The molecule has 29 heavy (non-hydrogen) atoms. The van der Waals surface area contributed by atoms with Crippen molar-refractivity contribution in [2.24, 2.45) is 5.41 Å². The average Bonchev–Trinajstić information content (AvgIpc) is 3.25. The number of aromatic nitrogens is 2. The second kappa shape index (κ2) is 8.35. The van der Waals surface area contributed by atoms with E-state index in [-0.39, 0.29) is 17.2 Å². The van der Waals surface area contributed by atoms with Gasteiger partial charge in [-0.15, -0.1) is 0 Å². The van der Waals surface area contributed by atoms with Gasteiger partial charge in [-0.2, -0.15) is 0 Å². The number of likely N-dealkylation sites (tertiary alicyclic amines) is 2. The van der Waals surface area contributed by atoms with Gasteiger partial charge in [-0.05, 0) is 55.2 Å². The zero-order chi connectivity index (χ0) is 20.3. The summed E-state index contributed by atoms with van der Waals surface area (Å²) < 4.78 is 5.21. The van der Waals surface area contributed by atoms with E-state index in [9.17, 15) is 9.59 Å². The first-order valence-electron chi connectivity index (χ1n) is 10.5. The highest BCUT2D eigenvalue weighted by molar-refractivity contribution is 5.91. The molecule has 2 aromatic rings. The number of rotatable bonds is 5. The van der Waals surface area contributed by atoms with Crippen molar-refractivity contribution in [1.82, 2.24) is 19.9 Å². The van der Waals surface area contributed by atoms with Gasteiger partial charge in [0.2, 0.25) is 11.7 Å². The third kappa shape index (κ3) is 4.33. The monoisotopic (exact) mass is 396 g/mol. The van der Waals surface area contributed by atoms with Crippen LogP contribution in [-0.2, 0) is 17.6 Å². The van der Waals surface area contributed by atoms with Crippen molar-refractivity contribution < 1.29 is 14.1 Å². The number of amides is 2. The van der Waals surface area contributed by atoms with E-state index in [2.05, 4.69) is 10.1 Å². The van der Waals surface area contributed by atoms with Gasteiger partial charge in [0.25, 0.3) is 5.91 Å². The molecule has 0 atom stereocenters. The summed E-state index contributed by atoms with van der Waals surface area (Å²) in [5, 5.41) is 3.93. The molecule has 0 N–H and O–H groups in total. The summed E-state index contributed by atoms with van der Waals surface area (Å²) in [5.74, 6) is 0.501.